The van der Waals surface area contributed by atoms with Crippen molar-refractivity contribution >= 4 is 15.9 Å². The molecule has 0 aromatic carbocycles. The molecule has 0 amide bonds. The molecule has 0 saturated heterocycles. The van der Waals surface area contributed by atoms with Gasteiger partial charge in [0.05, 0.1) is 10.7 Å². The number of nitrogens with zero attached hydrogens (tertiary/aromatic N) is 4. The topological polar surface area (TPSA) is 56.7 Å². The molecule has 15 heavy (non-hydrogen) atoms. The summed E-state index contributed by atoms with van der Waals surface area (Å²) in [5.74, 6) is 1.59. The third kappa shape index (κ3) is 2.44. The number of halogens is 1. The maximum Gasteiger partial charge on any atom is 0.248 e. The van der Waals surface area contributed by atoms with Crippen LogP contribution in [0.1, 0.15) is 31.5 Å². The van der Waals surface area contributed by atoms with Gasteiger partial charge in [-0.25, -0.2) is 0 Å². The Morgan fingerprint density at radius 3 is 2.87 bits per heavy atom. The quantitative estimate of drug-likeness (QED) is 0.858. The fourth-order valence-corrected chi connectivity index (χ4v) is 1.46. The van der Waals surface area contributed by atoms with Crippen LogP contribution in [-0.4, -0.2) is 19.9 Å². The Labute approximate surface area is 95.6 Å². The summed E-state index contributed by atoms with van der Waals surface area (Å²) in [6.45, 7) is 4.56. The highest BCUT2D eigenvalue weighted by molar-refractivity contribution is 9.10. The third-order valence-corrected chi connectivity index (χ3v) is 2.31. The van der Waals surface area contributed by atoms with E-state index >= 15 is 0 Å². The first-order valence-electron chi connectivity index (χ1n) is 4.65. The summed E-state index contributed by atoms with van der Waals surface area (Å²) in [6.07, 6.45) is 3.58. The van der Waals surface area contributed by atoms with E-state index in [1.54, 1.807) is 10.9 Å². The van der Waals surface area contributed by atoms with Crippen molar-refractivity contribution in [3.8, 4) is 0 Å². The highest BCUT2D eigenvalue weighted by Crippen LogP contribution is 2.11. The summed E-state index contributed by atoms with van der Waals surface area (Å²) in [7, 11) is 0. The van der Waals surface area contributed by atoms with E-state index in [0.717, 1.165) is 10.3 Å². The highest BCUT2D eigenvalue weighted by Gasteiger charge is 2.10. The summed E-state index contributed by atoms with van der Waals surface area (Å²) >= 11 is 3.32. The molecular weight excluding hydrogens is 260 g/mol. The molecule has 0 atom stereocenters. The van der Waals surface area contributed by atoms with Gasteiger partial charge in [-0.2, -0.15) is 10.1 Å². The molecule has 0 unspecified atom stereocenters. The Hall–Kier alpha value is -1.17. The minimum absolute atomic E-state index is 0.284. The summed E-state index contributed by atoms with van der Waals surface area (Å²) in [4.78, 5) is 4.26. The first kappa shape index (κ1) is 10.4. The van der Waals surface area contributed by atoms with Gasteiger partial charge in [0.2, 0.25) is 5.89 Å². The van der Waals surface area contributed by atoms with E-state index in [2.05, 4.69) is 31.2 Å². The second kappa shape index (κ2) is 4.14. The average Bonchev–Trinajstić information content (AvgIpc) is 2.76. The van der Waals surface area contributed by atoms with Crippen molar-refractivity contribution in [2.75, 3.05) is 0 Å². The lowest BCUT2D eigenvalue weighted by Crippen LogP contribution is -2.00. The lowest BCUT2D eigenvalue weighted by Gasteiger charge is -1.94. The summed E-state index contributed by atoms with van der Waals surface area (Å²) in [5.41, 5.74) is 0. The zero-order chi connectivity index (χ0) is 10.8. The predicted molar refractivity (Wildman–Crippen MR) is 57.4 cm³/mol. The first-order valence-corrected chi connectivity index (χ1v) is 5.45. The van der Waals surface area contributed by atoms with E-state index in [-0.39, 0.29) is 5.92 Å². The summed E-state index contributed by atoms with van der Waals surface area (Å²) in [5, 5.41) is 7.99. The van der Waals surface area contributed by atoms with E-state index in [1.807, 2.05) is 20.0 Å². The maximum absolute atomic E-state index is 5.10. The Morgan fingerprint density at radius 2 is 2.33 bits per heavy atom. The van der Waals surface area contributed by atoms with Crippen molar-refractivity contribution < 1.29 is 4.52 Å². The van der Waals surface area contributed by atoms with Gasteiger partial charge in [0.25, 0.3) is 0 Å². The van der Waals surface area contributed by atoms with Crippen LogP contribution < -0.4 is 0 Å². The van der Waals surface area contributed by atoms with Crippen LogP contribution in [0.4, 0.5) is 0 Å². The molecule has 6 heteroatoms. The van der Waals surface area contributed by atoms with Crippen LogP contribution >= 0.6 is 15.9 Å². The summed E-state index contributed by atoms with van der Waals surface area (Å²) in [6, 6.07) is 0. The predicted octanol–water partition coefficient (Wildman–Crippen LogP) is 2.20. The van der Waals surface area contributed by atoms with Crippen molar-refractivity contribution in [3.63, 3.8) is 0 Å². The lowest BCUT2D eigenvalue weighted by molar-refractivity contribution is 0.360. The monoisotopic (exact) mass is 270 g/mol. The molecule has 2 rings (SSSR count). The molecule has 80 valence electrons. The number of rotatable bonds is 3. The van der Waals surface area contributed by atoms with Crippen molar-refractivity contribution in [1.29, 1.82) is 0 Å². The molecule has 5 nitrogen and oxygen atoms in total. The number of aromatic nitrogens is 4. The fourth-order valence-electron chi connectivity index (χ4n) is 1.13. The molecule has 0 aliphatic carbocycles. The summed E-state index contributed by atoms with van der Waals surface area (Å²) < 4.78 is 7.78. The second-order valence-corrected chi connectivity index (χ2v) is 4.47. The van der Waals surface area contributed by atoms with Crippen LogP contribution in [0.15, 0.2) is 21.4 Å². The van der Waals surface area contributed by atoms with E-state index in [1.165, 1.54) is 0 Å². The van der Waals surface area contributed by atoms with Gasteiger partial charge < -0.3 is 4.52 Å². The molecule has 2 aromatic rings. The van der Waals surface area contributed by atoms with Gasteiger partial charge >= 0.3 is 0 Å². The minimum atomic E-state index is 0.284. The zero-order valence-corrected chi connectivity index (χ0v) is 10.1. The Balaban J connectivity index is 2.11. The van der Waals surface area contributed by atoms with Gasteiger partial charge in [-0.05, 0) is 15.9 Å². The van der Waals surface area contributed by atoms with Gasteiger partial charge in [-0.15, -0.1) is 0 Å². The Bertz CT molecular complexity index is 448. The largest absolute Gasteiger partial charge is 0.337 e. The highest BCUT2D eigenvalue weighted by atomic mass is 79.9. The molecule has 0 aliphatic heterocycles. The van der Waals surface area contributed by atoms with E-state index < -0.39 is 0 Å². The SMILES string of the molecule is CC(C)c1noc(Cn2cc(Br)cn2)n1. The van der Waals surface area contributed by atoms with Crippen LogP contribution in [0.3, 0.4) is 0 Å². The smallest absolute Gasteiger partial charge is 0.248 e. The molecule has 0 saturated carbocycles. The Morgan fingerprint density at radius 1 is 1.53 bits per heavy atom. The minimum Gasteiger partial charge on any atom is -0.337 e. The fraction of sp³-hybridized carbons (Fsp3) is 0.444. The van der Waals surface area contributed by atoms with Crippen LogP contribution in [0, 0.1) is 0 Å². The van der Waals surface area contributed by atoms with Crippen LogP contribution in [0.2, 0.25) is 0 Å². The molecule has 0 fully saturated rings. The van der Waals surface area contributed by atoms with Crippen molar-refractivity contribution in [2.45, 2.75) is 26.3 Å². The van der Waals surface area contributed by atoms with Crippen molar-refractivity contribution in [3.05, 3.63) is 28.6 Å². The van der Waals surface area contributed by atoms with E-state index in [0.29, 0.717) is 12.4 Å². The molecule has 0 radical (unpaired) electrons. The lowest BCUT2D eigenvalue weighted by atomic mass is 10.2. The van der Waals surface area contributed by atoms with E-state index in [4.69, 9.17) is 4.52 Å². The van der Waals surface area contributed by atoms with Gasteiger partial charge in [0, 0.05) is 12.1 Å². The molecule has 0 aliphatic rings. The van der Waals surface area contributed by atoms with Crippen LogP contribution in [0.5, 0.6) is 0 Å². The van der Waals surface area contributed by atoms with Gasteiger partial charge in [0.1, 0.15) is 6.54 Å². The molecule has 0 bridgehead atoms. The molecule has 0 N–H and O–H groups in total. The second-order valence-electron chi connectivity index (χ2n) is 3.56. The zero-order valence-electron chi connectivity index (χ0n) is 8.51. The van der Waals surface area contributed by atoms with Gasteiger partial charge in [0.15, 0.2) is 5.82 Å². The standard InChI is InChI=1S/C9H11BrN4O/c1-6(2)9-12-8(15-13-9)5-14-4-7(10)3-11-14/h3-4,6H,5H2,1-2H3. The molecule has 2 heterocycles. The first-order chi connectivity index (χ1) is 7.15. The van der Waals surface area contributed by atoms with Crippen molar-refractivity contribution in [2.24, 2.45) is 0 Å². The van der Waals surface area contributed by atoms with E-state index in [9.17, 15) is 0 Å². The van der Waals surface area contributed by atoms with Gasteiger partial charge in [-0.3, -0.25) is 4.68 Å². The average molecular weight is 271 g/mol. The molecular formula is C9H11BrN4O. The Kier molecular flexibility index (Phi) is 2.86. The maximum atomic E-state index is 5.10. The van der Waals surface area contributed by atoms with Crippen LogP contribution in [-0.2, 0) is 6.54 Å². The number of hydrogen-bond acceptors (Lipinski definition) is 4. The molecule has 0 spiro atoms. The van der Waals surface area contributed by atoms with Gasteiger partial charge in [-0.1, -0.05) is 19.0 Å². The number of hydrogen-bond donors (Lipinski definition) is 0. The normalized spacial score (nSPS) is 11.2. The molecule has 2 aromatic heterocycles. The van der Waals surface area contributed by atoms with Crippen LogP contribution in [0.25, 0.3) is 0 Å². The third-order valence-electron chi connectivity index (χ3n) is 1.90. The van der Waals surface area contributed by atoms with Crippen molar-refractivity contribution in [1.82, 2.24) is 19.9 Å².